The monoisotopic (exact) mass is 376 g/mol. The van der Waals surface area contributed by atoms with E-state index in [9.17, 15) is 8.42 Å². The molecule has 0 unspecified atom stereocenters. The SMILES string of the molecule is CCOc1ccc(S(=O)(=O)N2CCC(NC)CC2)cc1Br. The lowest BCUT2D eigenvalue weighted by atomic mass is 10.1. The number of benzene rings is 1. The molecule has 0 amide bonds. The standard InChI is InChI=1S/C14H21BrN2O3S/c1-3-20-14-5-4-12(10-13(14)15)21(18,19)17-8-6-11(16-2)7-9-17/h4-5,10-11,16H,3,6-9H2,1-2H3. The van der Waals surface area contributed by atoms with E-state index < -0.39 is 10.0 Å². The van der Waals surface area contributed by atoms with Crippen molar-refractivity contribution in [2.24, 2.45) is 0 Å². The maximum Gasteiger partial charge on any atom is 0.243 e. The van der Waals surface area contributed by atoms with Crippen LogP contribution in [0.5, 0.6) is 5.75 Å². The summed E-state index contributed by atoms with van der Waals surface area (Å²) in [5.41, 5.74) is 0. The zero-order valence-corrected chi connectivity index (χ0v) is 14.7. The largest absolute Gasteiger partial charge is 0.493 e. The summed E-state index contributed by atoms with van der Waals surface area (Å²) in [5, 5.41) is 3.20. The molecule has 1 aromatic carbocycles. The van der Waals surface area contributed by atoms with Crippen molar-refractivity contribution in [2.75, 3.05) is 26.7 Å². The van der Waals surface area contributed by atoms with E-state index in [2.05, 4.69) is 21.2 Å². The molecule has 1 aromatic rings. The second-order valence-corrected chi connectivity index (χ2v) is 7.78. The van der Waals surface area contributed by atoms with E-state index >= 15 is 0 Å². The highest BCUT2D eigenvalue weighted by Crippen LogP contribution is 2.30. The second-order valence-electron chi connectivity index (χ2n) is 4.99. The minimum Gasteiger partial charge on any atom is -0.493 e. The van der Waals surface area contributed by atoms with Crippen molar-refractivity contribution >= 4 is 26.0 Å². The summed E-state index contributed by atoms with van der Waals surface area (Å²) in [6, 6.07) is 5.32. The van der Waals surface area contributed by atoms with Crippen LogP contribution in [0.3, 0.4) is 0 Å². The van der Waals surface area contributed by atoms with Gasteiger partial charge in [0.25, 0.3) is 0 Å². The van der Waals surface area contributed by atoms with E-state index in [1.54, 1.807) is 22.5 Å². The maximum atomic E-state index is 12.6. The van der Waals surface area contributed by atoms with E-state index in [1.165, 1.54) is 0 Å². The Morgan fingerprint density at radius 1 is 1.38 bits per heavy atom. The number of hydrogen-bond acceptors (Lipinski definition) is 4. The van der Waals surface area contributed by atoms with Gasteiger partial charge in [-0.25, -0.2) is 8.42 Å². The molecule has 5 nitrogen and oxygen atoms in total. The van der Waals surface area contributed by atoms with Crippen molar-refractivity contribution in [3.05, 3.63) is 22.7 Å². The Kier molecular flexibility index (Phi) is 5.65. The number of rotatable bonds is 5. The van der Waals surface area contributed by atoms with Crippen LogP contribution in [0.1, 0.15) is 19.8 Å². The van der Waals surface area contributed by atoms with Crippen molar-refractivity contribution in [3.8, 4) is 5.75 Å². The van der Waals surface area contributed by atoms with Crippen LogP contribution in [0.2, 0.25) is 0 Å². The Morgan fingerprint density at radius 3 is 2.57 bits per heavy atom. The molecule has 1 aliphatic rings. The van der Waals surface area contributed by atoms with Gasteiger partial charge in [-0.15, -0.1) is 0 Å². The summed E-state index contributed by atoms with van der Waals surface area (Å²) in [7, 11) is -1.51. The molecule has 0 spiro atoms. The molecular weight excluding hydrogens is 356 g/mol. The van der Waals surface area contributed by atoms with Crippen LogP contribution in [0, 0.1) is 0 Å². The lowest BCUT2D eigenvalue weighted by Crippen LogP contribution is -2.43. The van der Waals surface area contributed by atoms with Crippen LogP contribution in [0.4, 0.5) is 0 Å². The lowest BCUT2D eigenvalue weighted by Gasteiger charge is -2.31. The fourth-order valence-electron chi connectivity index (χ4n) is 2.45. The van der Waals surface area contributed by atoms with Gasteiger partial charge in [0.05, 0.1) is 16.0 Å². The lowest BCUT2D eigenvalue weighted by molar-refractivity contribution is 0.298. The highest BCUT2D eigenvalue weighted by atomic mass is 79.9. The summed E-state index contributed by atoms with van der Waals surface area (Å²) in [5.74, 6) is 0.658. The van der Waals surface area contributed by atoms with Crippen molar-refractivity contribution < 1.29 is 13.2 Å². The van der Waals surface area contributed by atoms with Crippen LogP contribution in [0.25, 0.3) is 0 Å². The minimum atomic E-state index is -3.43. The van der Waals surface area contributed by atoms with E-state index in [-0.39, 0.29) is 0 Å². The van der Waals surface area contributed by atoms with E-state index in [4.69, 9.17) is 4.74 Å². The molecule has 1 saturated heterocycles. The van der Waals surface area contributed by atoms with Gasteiger partial charge in [-0.2, -0.15) is 4.31 Å². The molecule has 0 atom stereocenters. The number of sulfonamides is 1. The van der Waals surface area contributed by atoms with E-state index in [0.29, 0.717) is 40.9 Å². The van der Waals surface area contributed by atoms with E-state index in [0.717, 1.165) is 12.8 Å². The molecule has 0 aromatic heterocycles. The first-order valence-electron chi connectivity index (χ1n) is 7.08. The van der Waals surface area contributed by atoms with Gasteiger partial charge in [-0.1, -0.05) is 0 Å². The molecule has 0 radical (unpaired) electrons. The predicted octanol–water partition coefficient (Wildman–Crippen LogP) is 2.22. The molecular formula is C14H21BrN2O3S. The molecule has 7 heteroatoms. The molecule has 0 aliphatic carbocycles. The Hall–Kier alpha value is -0.630. The average molecular weight is 377 g/mol. The molecule has 1 heterocycles. The quantitative estimate of drug-likeness (QED) is 0.855. The molecule has 21 heavy (non-hydrogen) atoms. The first-order chi connectivity index (χ1) is 9.98. The van der Waals surface area contributed by atoms with Crippen molar-refractivity contribution in [3.63, 3.8) is 0 Å². The summed E-state index contributed by atoms with van der Waals surface area (Å²) < 4.78 is 32.9. The normalized spacial score (nSPS) is 17.9. The van der Waals surface area contributed by atoms with Gasteiger partial charge in [0, 0.05) is 19.1 Å². The predicted molar refractivity (Wildman–Crippen MR) is 86.2 cm³/mol. The van der Waals surface area contributed by atoms with Crippen molar-refractivity contribution in [1.82, 2.24) is 9.62 Å². The topological polar surface area (TPSA) is 58.6 Å². The number of halogens is 1. The van der Waals surface area contributed by atoms with Gasteiger partial charge < -0.3 is 10.1 Å². The van der Waals surface area contributed by atoms with Gasteiger partial charge in [0.2, 0.25) is 10.0 Å². The smallest absolute Gasteiger partial charge is 0.243 e. The first kappa shape index (κ1) is 16.7. The van der Waals surface area contributed by atoms with Crippen molar-refractivity contribution in [2.45, 2.75) is 30.7 Å². The van der Waals surface area contributed by atoms with E-state index in [1.807, 2.05) is 14.0 Å². The number of nitrogens with zero attached hydrogens (tertiary/aromatic N) is 1. The second kappa shape index (κ2) is 7.09. The highest BCUT2D eigenvalue weighted by molar-refractivity contribution is 9.10. The minimum absolute atomic E-state index is 0.306. The fraction of sp³-hybridized carbons (Fsp3) is 0.571. The molecule has 1 N–H and O–H groups in total. The average Bonchev–Trinajstić information content (AvgIpc) is 2.49. The van der Waals surface area contributed by atoms with Gasteiger partial charge in [-0.05, 0) is 60.9 Å². The highest BCUT2D eigenvalue weighted by Gasteiger charge is 2.29. The first-order valence-corrected chi connectivity index (χ1v) is 9.32. The summed E-state index contributed by atoms with van der Waals surface area (Å²) in [4.78, 5) is 0.306. The number of ether oxygens (including phenoxy) is 1. The van der Waals surface area contributed by atoms with Gasteiger partial charge in [-0.3, -0.25) is 0 Å². The van der Waals surface area contributed by atoms with Crippen LogP contribution in [-0.2, 0) is 10.0 Å². The number of piperidine rings is 1. The third-order valence-electron chi connectivity index (χ3n) is 3.70. The third kappa shape index (κ3) is 3.77. The third-order valence-corrected chi connectivity index (χ3v) is 6.22. The molecule has 118 valence electrons. The zero-order valence-electron chi connectivity index (χ0n) is 12.3. The van der Waals surface area contributed by atoms with Gasteiger partial charge in [0.15, 0.2) is 0 Å². The molecule has 0 bridgehead atoms. The van der Waals surface area contributed by atoms with Crippen LogP contribution in [-0.4, -0.2) is 45.5 Å². The Morgan fingerprint density at radius 2 is 2.05 bits per heavy atom. The number of hydrogen-bond donors (Lipinski definition) is 1. The van der Waals surface area contributed by atoms with Crippen LogP contribution >= 0.6 is 15.9 Å². The van der Waals surface area contributed by atoms with Crippen LogP contribution < -0.4 is 10.1 Å². The summed E-state index contributed by atoms with van der Waals surface area (Å²) in [6.45, 7) is 3.54. The Labute approximate surface area is 134 Å². The summed E-state index contributed by atoms with van der Waals surface area (Å²) in [6.07, 6.45) is 1.68. The Balaban J connectivity index is 2.18. The van der Waals surface area contributed by atoms with Gasteiger partial charge in [0.1, 0.15) is 5.75 Å². The summed E-state index contributed by atoms with van der Waals surface area (Å²) >= 11 is 3.37. The zero-order chi connectivity index (χ0) is 15.5. The maximum absolute atomic E-state index is 12.6. The van der Waals surface area contributed by atoms with Gasteiger partial charge >= 0.3 is 0 Å². The molecule has 2 rings (SSSR count). The molecule has 1 fully saturated rings. The molecule has 0 saturated carbocycles. The molecule has 1 aliphatic heterocycles. The fourth-order valence-corrected chi connectivity index (χ4v) is 4.59. The van der Waals surface area contributed by atoms with Crippen LogP contribution in [0.15, 0.2) is 27.6 Å². The van der Waals surface area contributed by atoms with Crippen molar-refractivity contribution in [1.29, 1.82) is 0 Å². The number of nitrogens with one attached hydrogen (secondary N) is 1. The Bertz CT molecular complexity index is 584.